The number of imidazole rings is 1. The average Bonchev–Trinajstić information content (AvgIpc) is 3.78. The number of fused-ring (bicyclic) bond motifs is 1. The molecule has 6 aromatic rings. The van der Waals surface area contributed by atoms with Crippen LogP contribution in [0.15, 0.2) is 97.5 Å². The van der Waals surface area contributed by atoms with Crippen molar-refractivity contribution in [2.75, 3.05) is 43.4 Å². The minimum absolute atomic E-state index is 0.107. The minimum atomic E-state index is -0.315. The molecule has 0 radical (unpaired) electrons. The maximum atomic E-state index is 14.7. The molecule has 10 nitrogen and oxygen atoms in total. The van der Waals surface area contributed by atoms with Gasteiger partial charge in [-0.25, -0.2) is 14.8 Å². The van der Waals surface area contributed by atoms with Gasteiger partial charge in [0.25, 0.3) is 5.91 Å². The lowest BCUT2D eigenvalue weighted by Crippen LogP contribution is -2.54. The topological polar surface area (TPSA) is 102 Å². The third-order valence-electron chi connectivity index (χ3n) is 10.5. The van der Waals surface area contributed by atoms with Gasteiger partial charge in [0, 0.05) is 77.5 Å². The van der Waals surface area contributed by atoms with Crippen molar-refractivity contribution < 1.29 is 9.59 Å². The summed E-state index contributed by atoms with van der Waals surface area (Å²) in [6, 6.07) is 27.3. The summed E-state index contributed by atoms with van der Waals surface area (Å²) < 4.78 is 2.12. The number of hydrogen-bond donors (Lipinski definition) is 2. The lowest BCUT2D eigenvalue weighted by atomic mass is 9.99. The van der Waals surface area contributed by atoms with Crippen LogP contribution < -0.4 is 10.2 Å². The number of aromatic amines is 1. The lowest BCUT2D eigenvalue weighted by Gasteiger charge is -2.43. The largest absolute Gasteiger partial charge is 0.355 e. The first-order chi connectivity index (χ1) is 25.8. The number of rotatable bonds is 8. The number of halogens is 2. The van der Waals surface area contributed by atoms with Crippen LogP contribution in [0.3, 0.4) is 0 Å². The molecule has 3 aromatic carbocycles. The molecular formula is C41H40Cl2N8O2. The number of urea groups is 1. The molecule has 2 saturated heterocycles. The SMILES string of the molecule is C[C@@H](c1ccc(Cl)cc1)n1cnc(-c2ccccc2)c1-c1c(C(=O)Nc2cccnc2N2CCC(N3CCCN(C)C3=O)CC2)[nH]c2cc(Cl)ccc12. The quantitative estimate of drug-likeness (QED) is 0.162. The van der Waals surface area contributed by atoms with Crippen LogP contribution in [0.2, 0.25) is 10.0 Å². The molecule has 2 aliphatic rings. The number of hydrogen-bond acceptors (Lipinski definition) is 5. The summed E-state index contributed by atoms with van der Waals surface area (Å²) in [6.45, 7) is 5.14. The number of H-pyrrole nitrogens is 1. The molecule has 0 unspecified atom stereocenters. The highest BCUT2D eigenvalue weighted by atomic mass is 35.5. The zero-order chi connectivity index (χ0) is 36.6. The van der Waals surface area contributed by atoms with Gasteiger partial charge in [0.15, 0.2) is 5.82 Å². The normalized spacial score (nSPS) is 16.0. The van der Waals surface area contributed by atoms with Gasteiger partial charge in [0.05, 0.1) is 29.4 Å². The van der Waals surface area contributed by atoms with E-state index in [1.807, 2.05) is 108 Å². The Balaban J connectivity index is 1.17. The first-order valence-electron chi connectivity index (χ1n) is 18.0. The van der Waals surface area contributed by atoms with Crippen molar-refractivity contribution in [3.05, 3.63) is 119 Å². The first kappa shape index (κ1) is 34.7. The van der Waals surface area contributed by atoms with E-state index in [9.17, 15) is 9.59 Å². The second-order valence-electron chi connectivity index (χ2n) is 13.8. The molecule has 0 spiro atoms. The van der Waals surface area contributed by atoms with Gasteiger partial charge >= 0.3 is 6.03 Å². The van der Waals surface area contributed by atoms with Gasteiger partial charge in [0.1, 0.15) is 5.69 Å². The molecule has 2 fully saturated rings. The number of carbonyl (C=O) groups is 2. The molecule has 2 N–H and O–H groups in total. The van der Waals surface area contributed by atoms with Gasteiger partial charge in [-0.05, 0) is 68.1 Å². The van der Waals surface area contributed by atoms with Gasteiger partial charge in [-0.15, -0.1) is 0 Å². The van der Waals surface area contributed by atoms with E-state index >= 15 is 0 Å². The van der Waals surface area contributed by atoms with Crippen LogP contribution in [0, 0.1) is 0 Å². The van der Waals surface area contributed by atoms with Crippen molar-refractivity contribution in [2.45, 2.75) is 38.3 Å². The fourth-order valence-corrected chi connectivity index (χ4v) is 8.04. The molecule has 1 atom stereocenters. The molecule has 8 rings (SSSR count). The van der Waals surface area contributed by atoms with E-state index in [0.717, 1.165) is 78.9 Å². The van der Waals surface area contributed by atoms with Gasteiger partial charge in [0.2, 0.25) is 0 Å². The summed E-state index contributed by atoms with van der Waals surface area (Å²) in [5, 5.41) is 5.27. The van der Waals surface area contributed by atoms with Gasteiger partial charge in [-0.3, -0.25) is 4.79 Å². The van der Waals surface area contributed by atoms with Crippen LogP contribution in [0.25, 0.3) is 33.4 Å². The molecular weight excluding hydrogens is 707 g/mol. The number of nitrogens with zero attached hydrogens (tertiary/aromatic N) is 6. The second-order valence-corrected chi connectivity index (χ2v) is 14.7. The van der Waals surface area contributed by atoms with Crippen LogP contribution in [0.1, 0.15) is 48.3 Å². The fourth-order valence-electron chi connectivity index (χ4n) is 7.75. The third kappa shape index (κ3) is 6.73. The maximum Gasteiger partial charge on any atom is 0.319 e. The smallest absolute Gasteiger partial charge is 0.319 e. The third-order valence-corrected chi connectivity index (χ3v) is 11.0. The Kier molecular flexibility index (Phi) is 9.57. The van der Waals surface area contributed by atoms with E-state index < -0.39 is 0 Å². The van der Waals surface area contributed by atoms with Gasteiger partial charge in [-0.1, -0.05) is 71.7 Å². The number of pyridine rings is 1. The predicted molar refractivity (Wildman–Crippen MR) is 212 cm³/mol. The van der Waals surface area contributed by atoms with E-state index in [4.69, 9.17) is 33.2 Å². The van der Waals surface area contributed by atoms with Crippen molar-refractivity contribution in [1.29, 1.82) is 0 Å². The zero-order valence-electron chi connectivity index (χ0n) is 29.6. The van der Waals surface area contributed by atoms with Crippen molar-refractivity contribution in [2.24, 2.45) is 0 Å². The highest BCUT2D eigenvalue weighted by Gasteiger charge is 2.33. The molecule has 270 valence electrons. The number of amides is 3. The standard InChI is InChI=1S/C41H40Cl2N8O2/c1-26(27-11-13-29(42)14-12-27)51-25-45-36(28-8-4-3-5-9-28)38(51)35-32-16-15-30(43)24-34(32)46-37(35)40(52)47-33-10-6-19-44-39(33)49-22-17-31(18-23-49)50-21-7-20-48(2)41(50)53/h3-6,8-16,19,24-26,31,46H,7,17-18,20-23H2,1-2H3,(H,47,52)/t26-/m0/s1. The molecule has 0 aliphatic carbocycles. The van der Waals surface area contributed by atoms with Crippen molar-refractivity contribution in [3.63, 3.8) is 0 Å². The fraction of sp³-hybridized carbons (Fsp3) is 0.268. The van der Waals surface area contributed by atoms with Crippen molar-refractivity contribution in [3.8, 4) is 22.5 Å². The predicted octanol–water partition coefficient (Wildman–Crippen LogP) is 8.99. The van der Waals surface area contributed by atoms with E-state index in [-0.39, 0.29) is 24.0 Å². The molecule has 5 heterocycles. The zero-order valence-corrected chi connectivity index (χ0v) is 31.1. The van der Waals surface area contributed by atoms with Crippen LogP contribution in [-0.2, 0) is 0 Å². The van der Waals surface area contributed by atoms with Crippen LogP contribution in [-0.4, -0.2) is 80.5 Å². The average molecular weight is 748 g/mol. The van der Waals surface area contributed by atoms with E-state index in [1.54, 1.807) is 6.20 Å². The second kappa shape index (κ2) is 14.6. The maximum absolute atomic E-state index is 14.7. The number of benzene rings is 3. The molecule has 2 aliphatic heterocycles. The molecule has 0 bridgehead atoms. The Bertz CT molecular complexity index is 2280. The lowest BCUT2D eigenvalue weighted by molar-refractivity contribution is 0.102. The van der Waals surface area contributed by atoms with E-state index in [2.05, 4.69) is 26.7 Å². The Labute approximate surface area is 318 Å². The first-order valence-corrected chi connectivity index (χ1v) is 18.7. The molecule has 12 heteroatoms. The highest BCUT2D eigenvalue weighted by molar-refractivity contribution is 6.31. The number of carbonyl (C=O) groups excluding carboxylic acids is 2. The molecule has 53 heavy (non-hydrogen) atoms. The van der Waals surface area contributed by atoms with Crippen molar-refractivity contribution in [1.82, 2.24) is 29.3 Å². The molecule has 3 amide bonds. The number of nitrogens with one attached hydrogen (secondary N) is 2. The number of aromatic nitrogens is 4. The Morgan fingerprint density at radius 3 is 2.43 bits per heavy atom. The number of piperidine rings is 1. The summed E-state index contributed by atoms with van der Waals surface area (Å²) >= 11 is 12.8. The Morgan fingerprint density at radius 1 is 0.906 bits per heavy atom. The Morgan fingerprint density at radius 2 is 1.66 bits per heavy atom. The van der Waals surface area contributed by atoms with E-state index in [0.29, 0.717) is 32.8 Å². The summed E-state index contributed by atoms with van der Waals surface area (Å²) in [7, 11) is 1.87. The Hall–Kier alpha value is -5.32. The van der Waals surface area contributed by atoms with E-state index in [1.165, 1.54) is 0 Å². The van der Waals surface area contributed by atoms with Crippen LogP contribution in [0.5, 0.6) is 0 Å². The van der Waals surface area contributed by atoms with Gasteiger partial charge in [-0.2, -0.15) is 0 Å². The molecule has 3 aromatic heterocycles. The summed E-state index contributed by atoms with van der Waals surface area (Å²) in [6.07, 6.45) is 6.22. The van der Waals surface area contributed by atoms with Crippen LogP contribution >= 0.6 is 23.2 Å². The summed E-state index contributed by atoms with van der Waals surface area (Å²) in [4.78, 5) is 46.7. The molecule has 0 saturated carbocycles. The number of anilines is 2. The van der Waals surface area contributed by atoms with Crippen LogP contribution in [0.4, 0.5) is 16.3 Å². The minimum Gasteiger partial charge on any atom is -0.355 e. The summed E-state index contributed by atoms with van der Waals surface area (Å²) in [5.74, 6) is 0.387. The highest BCUT2D eigenvalue weighted by Crippen LogP contribution is 2.42. The monoisotopic (exact) mass is 746 g/mol. The van der Waals surface area contributed by atoms with Gasteiger partial charge < -0.3 is 29.6 Å². The summed E-state index contributed by atoms with van der Waals surface area (Å²) in [5.41, 5.74) is 5.95. The van der Waals surface area contributed by atoms with Crippen molar-refractivity contribution >= 4 is 57.5 Å².